The van der Waals surface area contributed by atoms with Crippen LogP contribution in [0, 0.1) is 5.92 Å². The highest BCUT2D eigenvalue weighted by atomic mass is 16.5. The zero-order chi connectivity index (χ0) is 10.5. The summed E-state index contributed by atoms with van der Waals surface area (Å²) in [6.45, 7) is 6.47. The first-order chi connectivity index (χ1) is 7.42. The minimum absolute atomic E-state index is 0.552. The van der Waals surface area contributed by atoms with Crippen molar-refractivity contribution in [1.29, 1.82) is 0 Å². The molecule has 4 nitrogen and oxygen atoms in total. The molecule has 2 fully saturated rings. The van der Waals surface area contributed by atoms with Gasteiger partial charge in [-0.3, -0.25) is 4.90 Å². The Morgan fingerprint density at radius 1 is 1.27 bits per heavy atom. The van der Waals surface area contributed by atoms with Gasteiger partial charge >= 0.3 is 0 Å². The van der Waals surface area contributed by atoms with Crippen LogP contribution >= 0.6 is 0 Å². The molecule has 2 aliphatic heterocycles. The summed E-state index contributed by atoms with van der Waals surface area (Å²) in [5, 5.41) is 6.89. The third kappa shape index (κ3) is 2.91. The van der Waals surface area contributed by atoms with E-state index >= 15 is 0 Å². The maximum Gasteiger partial charge on any atom is 0.0626 e. The van der Waals surface area contributed by atoms with Crippen LogP contribution in [0.25, 0.3) is 0 Å². The molecule has 2 heterocycles. The van der Waals surface area contributed by atoms with Gasteiger partial charge in [-0.1, -0.05) is 0 Å². The van der Waals surface area contributed by atoms with Crippen molar-refractivity contribution in [2.75, 3.05) is 46.4 Å². The van der Waals surface area contributed by atoms with Crippen molar-refractivity contribution in [3.63, 3.8) is 0 Å². The summed E-state index contributed by atoms with van der Waals surface area (Å²) in [5.74, 6) is 0.766. The topological polar surface area (TPSA) is 36.5 Å². The fourth-order valence-corrected chi connectivity index (χ4v) is 2.71. The Hall–Kier alpha value is -0.160. The summed E-state index contributed by atoms with van der Waals surface area (Å²) >= 11 is 0. The van der Waals surface area contributed by atoms with Crippen LogP contribution in [0.2, 0.25) is 0 Å². The van der Waals surface area contributed by atoms with Crippen molar-refractivity contribution in [2.45, 2.75) is 19.0 Å². The predicted octanol–water partition coefficient (Wildman–Crippen LogP) is -0.136. The summed E-state index contributed by atoms with van der Waals surface area (Å²) < 4.78 is 5.42. The van der Waals surface area contributed by atoms with E-state index in [-0.39, 0.29) is 0 Å². The van der Waals surface area contributed by atoms with Crippen LogP contribution < -0.4 is 10.6 Å². The number of nitrogens with one attached hydrogen (secondary N) is 2. The maximum atomic E-state index is 5.42. The molecule has 1 atom stereocenters. The molecule has 0 radical (unpaired) electrons. The molecule has 0 aromatic rings. The lowest BCUT2D eigenvalue weighted by Gasteiger charge is -2.40. The summed E-state index contributed by atoms with van der Waals surface area (Å²) in [4.78, 5) is 2.58. The monoisotopic (exact) mass is 213 g/mol. The van der Waals surface area contributed by atoms with Crippen molar-refractivity contribution >= 4 is 0 Å². The van der Waals surface area contributed by atoms with Gasteiger partial charge in [0.1, 0.15) is 0 Å². The second-order valence-corrected chi connectivity index (χ2v) is 4.47. The molecule has 0 aromatic heterocycles. The molecular weight excluding hydrogens is 190 g/mol. The number of hydrogen-bond acceptors (Lipinski definition) is 4. The molecule has 0 saturated carbocycles. The lowest BCUT2D eigenvalue weighted by atomic mass is 9.95. The Kier molecular flexibility index (Phi) is 4.38. The first-order valence-electron chi connectivity index (χ1n) is 6.11. The summed E-state index contributed by atoms with van der Waals surface area (Å²) in [6, 6.07) is 0. The van der Waals surface area contributed by atoms with E-state index in [4.69, 9.17) is 4.74 Å². The fraction of sp³-hybridized carbons (Fsp3) is 1.00. The molecule has 1 unspecified atom stereocenters. The van der Waals surface area contributed by atoms with Gasteiger partial charge in [0.15, 0.2) is 0 Å². The number of nitrogens with zero attached hydrogens (tertiary/aromatic N) is 1. The van der Waals surface area contributed by atoms with E-state index < -0.39 is 0 Å². The number of piperazine rings is 1. The first-order valence-corrected chi connectivity index (χ1v) is 6.11. The van der Waals surface area contributed by atoms with Gasteiger partial charge in [0, 0.05) is 39.4 Å². The Labute approximate surface area is 92.4 Å². The van der Waals surface area contributed by atoms with Crippen molar-refractivity contribution in [3.05, 3.63) is 0 Å². The Morgan fingerprint density at radius 3 is 2.53 bits per heavy atom. The van der Waals surface area contributed by atoms with Crippen LogP contribution in [0.5, 0.6) is 0 Å². The van der Waals surface area contributed by atoms with Gasteiger partial charge in [0.25, 0.3) is 0 Å². The highest BCUT2D eigenvalue weighted by Crippen LogP contribution is 2.21. The maximum absolute atomic E-state index is 5.42. The van der Waals surface area contributed by atoms with Crippen molar-refractivity contribution < 1.29 is 4.74 Å². The first kappa shape index (κ1) is 11.3. The van der Waals surface area contributed by atoms with Gasteiger partial charge in [-0.05, 0) is 25.8 Å². The molecular formula is C11H23N3O. The largest absolute Gasteiger partial charge is 0.381 e. The molecule has 15 heavy (non-hydrogen) atoms. The van der Waals surface area contributed by atoms with Crippen LogP contribution in [0.3, 0.4) is 0 Å². The number of rotatable bonds is 3. The molecule has 2 N–H and O–H groups in total. The third-order valence-electron chi connectivity index (χ3n) is 3.55. The molecule has 2 aliphatic rings. The van der Waals surface area contributed by atoms with Crippen molar-refractivity contribution in [3.8, 4) is 0 Å². The van der Waals surface area contributed by atoms with Gasteiger partial charge < -0.3 is 15.4 Å². The van der Waals surface area contributed by atoms with Crippen LogP contribution in [-0.4, -0.2) is 57.5 Å². The average molecular weight is 213 g/mol. The van der Waals surface area contributed by atoms with Crippen molar-refractivity contribution in [1.82, 2.24) is 15.5 Å². The molecule has 0 aliphatic carbocycles. The molecule has 0 aromatic carbocycles. The second-order valence-electron chi connectivity index (χ2n) is 4.47. The summed E-state index contributed by atoms with van der Waals surface area (Å²) in [6.07, 6.45) is 2.96. The number of hydrogen-bond donors (Lipinski definition) is 2. The van der Waals surface area contributed by atoms with Gasteiger partial charge in [0.2, 0.25) is 0 Å². The van der Waals surface area contributed by atoms with Gasteiger partial charge in [-0.15, -0.1) is 0 Å². The van der Waals surface area contributed by atoms with E-state index in [0.29, 0.717) is 6.17 Å². The Balaban J connectivity index is 1.88. The van der Waals surface area contributed by atoms with Crippen LogP contribution in [0.4, 0.5) is 0 Å². The number of ether oxygens (including phenoxy) is 1. The highest BCUT2D eigenvalue weighted by Gasteiger charge is 2.28. The molecule has 2 rings (SSSR count). The van der Waals surface area contributed by atoms with E-state index in [1.165, 1.54) is 25.9 Å². The SMILES string of the molecule is CNC(C1CCOCC1)N1CCNCC1. The highest BCUT2D eigenvalue weighted by molar-refractivity contribution is 4.81. The zero-order valence-corrected chi connectivity index (χ0v) is 9.67. The quantitative estimate of drug-likeness (QED) is 0.684. The molecule has 88 valence electrons. The predicted molar refractivity (Wildman–Crippen MR) is 60.8 cm³/mol. The van der Waals surface area contributed by atoms with Crippen LogP contribution in [0.1, 0.15) is 12.8 Å². The lowest BCUT2D eigenvalue weighted by Crippen LogP contribution is -2.56. The zero-order valence-electron chi connectivity index (χ0n) is 9.67. The van der Waals surface area contributed by atoms with E-state index in [2.05, 4.69) is 22.6 Å². The minimum Gasteiger partial charge on any atom is -0.381 e. The van der Waals surface area contributed by atoms with Crippen LogP contribution in [-0.2, 0) is 4.74 Å². The molecule has 0 amide bonds. The molecule has 0 spiro atoms. The Morgan fingerprint density at radius 2 is 1.93 bits per heavy atom. The van der Waals surface area contributed by atoms with E-state index in [9.17, 15) is 0 Å². The van der Waals surface area contributed by atoms with Crippen LogP contribution in [0.15, 0.2) is 0 Å². The fourth-order valence-electron chi connectivity index (χ4n) is 2.71. The lowest BCUT2D eigenvalue weighted by molar-refractivity contribution is 0.0136. The van der Waals surface area contributed by atoms with Crippen molar-refractivity contribution in [2.24, 2.45) is 5.92 Å². The summed E-state index contributed by atoms with van der Waals surface area (Å²) in [7, 11) is 2.09. The normalized spacial score (nSPS) is 27.8. The van der Waals surface area contributed by atoms with E-state index in [0.717, 1.165) is 32.2 Å². The summed E-state index contributed by atoms with van der Waals surface area (Å²) in [5.41, 5.74) is 0. The average Bonchev–Trinajstić information content (AvgIpc) is 2.33. The Bertz CT molecular complexity index is 159. The third-order valence-corrected chi connectivity index (χ3v) is 3.55. The minimum atomic E-state index is 0.552. The smallest absolute Gasteiger partial charge is 0.0626 e. The van der Waals surface area contributed by atoms with E-state index in [1.54, 1.807) is 0 Å². The van der Waals surface area contributed by atoms with E-state index in [1.807, 2.05) is 0 Å². The van der Waals surface area contributed by atoms with Gasteiger partial charge in [0.05, 0.1) is 6.17 Å². The molecule has 2 saturated heterocycles. The molecule has 4 heteroatoms. The van der Waals surface area contributed by atoms with Gasteiger partial charge in [-0.25, -0.2) is 0 Å². The second kappa shape index (κ2) is 5.80. The standard InChI is InChI=1S/C11H23N3O/c1-12-11(10-2-8-15-9-3-10)14-6-4-13-5-7-14/h10-13H,2-9H2,1H3. The molecule has 0 bridgehead atoms. The van der Waals surface area contributed by atoms with Gasteiger partial charge in [-0.2, -0.15) is 0 Å².